The summed E-state index contributed by atoms with van der Waals surface area (Å²) in [5.74, 6) is 0. The fourth-order valence-corrected chi connectivity index (χ4v) is 7.03. The van der Waals surface area contributed by atoms with Crippen molar-refractivity contribution in [3.63, 3.8) is 0 Å². The second kappa shape index (κ2) is 54.7. The maximum Gasteiger partial charge on any atom is 2.00 e. The maximum absolute atomic E-state index is 5.38. The van der Waals surface area contributed by atoms with Crippen LogP contribution in [0.15, 0.2) is 12.2 Å². The fourth-order valence-electron chi connectivity index (χ4n) is 7.03. The van der Waals surface area contributed by atoms with E-state index in [-0.39, 0.29) is 16.5 Å². The van der Waals surface area contributed by atoms with Gasteiger partial charge in [-0.25, -0.2) is 0 Å². The van der Waals surface area contributed by atoms with Gasteiger partial charge in [-0.1, -0.05) is 284 Å². The topological polar surface area (TPSA) is 0 Å². The van der Waals surface area contributed by atoms with Gasteiger partial charge in [-0.3, -0.25) is 12.2 Å². The van der Waals surface area contributed by atoms with Crippen LogP contribution in [0.5, 0.6) is 0 Å². The minimum Gasteiger partial charge on any atom is -0.518 e. The van der Waals surface area contributed by atoms with Crippen molar-refractivity contribution in [2.45, 2.75) is 284 Å². The zero-order valence-electron chi connectivity index (χ0n) is 34.3. The van der Waals surface area contributed by atoms with Gasteiger partial charge in [0.25, 0.3) is 0 Å². The molecule has 0 fully saturated rings. The second-order valence-corrected chi connectivity index (χ2v) is 15.5. The molecule has 0 aliphatic rings. The summed E-state index contributed by atoms with van der Waals surface area (Å²) in [4.78, 5) is 0. The van der Waals surface area contributed by atoms with Crippen LogP contribution in [0.3, 0.4) is 0 Å². The molecule has 0 aromatic carbocycles. The molecule has 0 nitrogen and oxygen atoms in total. The standard InChI is InChI=1S/2C24H47.Ni/c2*1-3-5-7-9-11-13-15-17-19-21-23-24-22-20-18-16-14-12-10-8-6-4-2;/h2*1,3H,4-24H2,2H3;/q2*-1;+2. The van der Waals surface area contributed by atoms with Crippen LogP contribution >= 0.6 is 0 Å². The number of hydrogen-bond acceptors (Lipinski definition) is 0. The fraction of sp³-hybridized carbons (Fsp3) is 0.917. The SMILES string of the molecule is [CH-]=CCCCCCCCCCCCCCCCCCCCCCC.[CH-]=CCCCCCCCCCCCCCCCCCCCCCC.[Ni+2]. The Morgan fingerprint density at radius 2 is 0.347 bits per heavy atom. The summed E-state index contributed by atoms with van der Waals surface area (Å²) in [6.45, 7) is 15.4. The molecule has 0 rings (SSSR count). The largest absolute Gasteiger partial charge is 2.00 e. The van der Waals surface area contributed by atoms with E-state index in [1.165, 1.54) is 257 Å². The Kier molecular flexibility index (Phi) is 59.6. The van der Waals surface area contributed by atoms with Crippen LogP contribution in [0, 0.1) is 13.2 Å². The Morgan fingerprint density at radius 1 is 0.224 bits per heavy atom. The predicted molar refractivity (Wildman–Crippen MR) is 223 cm³/mol. The van der Waals surface area contributed by atoms with Crippen molar-refractivity contribution in [3.8, 4) is 0 Å². The monoisotopic (exact) mass is 729 g/mol. The predicted octanol–water partition coefficient (Wildman–Crippen LogP) is 18.4. The van der Waals surface area contributed by atoms with E-state index in [9.17, 15) is 0 Å². The summed E-state index contributed by atoms with van der Waals surface area (Å²) in [5.41, 5.74) is 0. The quantitative estimate of drug-likeness (QED) is 0.0333. The molecule has 0 unspecified atom stereocenters. The molecule has 0 saturated carbocycles. The third-order valence-electron chi connectivity index (χ3n) is 10.4. The molecular formula is C48H94Ni. The number of allylic oxidation sites excluding steroid dienone is 2. The van der Waals surface area contributed by atoms with Crippen molar-refractivity contribution < 1.29 is 16.5 Å². The molecule has 0 bridgehead atoms. The van der Waals surface area contributed by atoms with Crippen molar-refractivity contribution in [3.05, 3.63) is 25.3 Å². The molecule has 0 aromatic rings. The van der Waals surface area contributed by atoms with Gasteiger partial charge in [0.2, 0.25) is 0 Å². The smallest absolute Gasteiger partial charge is 0.518 e. The van der Waals surface area contributed by atoms with Crippen LogP contribution in [0.1, 0.15) is 284 Å². The summed E-state index contributed by atoms with van der Waals surface area (Å²) in [6, 6.07) is 0. The molecule has 0 radical (unpaired) electrons. The first-order valence-corrected chi connectivity index (χ1v) is 22.9. The van der Waals surface area contributed by atoms with Gasteiger partial charge in [-0.05, 0) is 0 Å². The average Bonchev–Trinajstić information content (AvgIpc) is 3.10. The van der Waals surface area contributed by atoms with Gasteiger partial charge < -0.3 is 13.2 Å². The normalized spacial score (nSPS) is 10.8. The van der Waals surface area contributed by atoms with Gasteiger partial charge in [-0.15, -0.1) is 0 Å². The molecule has 0 N–H and O–H groups in total. The Bertz CT molecular complexity index is 491. The van der Waals surface area contributed by atoms with Crippen molar-refractivity contribution in [2.75, 3.05) is 0 Å². The van der Waals surface area contributed by atoms with Crippen molar-refractivity contribution in [1.82, 2.24) is 0 Å². The van der Waals surface area contributed by atoms with E-state index >= 15 is 0 Å². The van der Waals surface area contributed by atoms with E-state index < -0.39 is 0 Å². The molecule has 0 atom stereocenters. The van der Waals surface area contributed by atoms with E-state index in [1.807, 2.05) is 0 Å². The van der Waals surface area contributed by atoms with Crippen LogP contribution in [-0.4, -0.2) is 0 Å². The first kappa shape index (κ1) is 53.3. The molecule has 0 saturated heterocycles. The Hall–Kier alpha value is -0.0265. The van der Waals surface area contributed by atoms with Gasteiger partial charge in [-0.2, -0.15) is 0 Å². The summed E-state index contributed by atoms with van der Waals surface area (Å²) >= 11 is 0. The molecule has 0 heterocycles. The van der Waals surface area contributed by atoms with E-state index in [4.69, 9.17) is 13.2 Å². The molecule has 1 heteroatoms. The third kappa shape index (κ3) is 57.6. The Labute approximate surface area is 324 Å². The zero-order valence-corrected chi connectivity index (χ0v) is 35.3. The molecule has 0 aliphatic heterocycles. The van der Waals surface area contributed by atoms with Crippen LogP contribution < -0.4 is 0 Å². The zero-order chi connectivity index (χ0) is 35.1. The molecule has 0 spiro atoms. The van der Waals surface area contributed by atoms with E-state index in [1.54, 1.807) is 12.2 Å². The Balaban J connectivity index is -0.000000846. The van der Waals surface area contributed by atoms with E-state index in [0.717, 1.165) is 12.8 Å². The van der Waals surface area contributed by atoms with Gasteiger partial charge in [0.1, 0.15) is 0 Å². The minimum absolute atomic E-state index is 0. The second-order valence-electron chi connectivity index (χ2n) is 15.5. The summed E-state index contributed by atoms with van der Waals surface area (Å²) in [6.07, 6.45) is 63.6. The summed E-state index contributed by atoms with van der Waals surface area (Å²) < 4.78 is 0. The summed E-state index contributed by atoms with van der Waals surface area (Å²) in [7, 11) is 0. The molecular weight excluding hydrogens is 635 g/mol. The third-order valence-corrected chi connectivity index (χ3v) is 10.4. The Morgan fingerprint density at radius 3 is 0.469 bits per heavy atom. The van der Waals surface area contributed by atoms with Crippen molar-refractivity contribution in [2.24, 2.45) is 0 Å². The van der Waals surface area contributed by atoms with Gasteiger partial charge in [0, 0.05) is 0 Å². The first-order valence-electron chi connectivity index (χ1n) is 22.9. The van der Waals surface area contributed by atoms with Crippen LogP contribution in [0.25, 0.3) is 0 Å². The van der Waals surface area contributed by atoms with Crippen LogP contribution in [0.4, 0.5) is 0 Å². The van der Waals surface area contributed by atoms with Crippen molar-refractivity contribution >= 4 is 0 Å². The van der Waals surface area contributed by atoms with Crippen LogP contribution in [0.2, 0.25) is 0 Å². The number of hydrogen-bond donors (Lipinski definition) is 0. The maximum atomic E-state index is 5.38. The summed E-state index contributed by atoms with van der Waals surface area (Å²) in [5, 5.41) is 0. The number of rotatable bonds is 42. The first-order chi connectivity index (χ1) is 23.8. The number of unbranched alkanes of at least 4 members (excludes halogenated alkanes) is 40. The molecule has 0 aromatic heterocycles. The van der Waals surface area contributed by atoms with Gasteiger partial charge >= 0.3 is 16.5 Å². The van der Waals surface area contributed by atoms with E-state index in [0.29, 0.717) is 0 Å². The molecule has 49 heavy (non-hydrogen) atoms. The van der Waals surface area contributed by atoms with Crippen LogP contribution in [-0.2, 0) is 16.5 Å². The van der Waals surface area contributed by atoms with E-state index in [2.05, 4.69) is 13.8 Å². The molecule has 0 amide bonds. The average molecular weight is 730 g/mol. The molecule has 0 aliphatic carbocycles. The minimum atomic E-state index is 0. The van der Waals surface area contributed by atoms with Gasteiger partial charge in [0.05, 0.1) is 0 Å². The molecule has 296 valence electrons. The van der Waals surface area contributed by atoms with Crippen molar-refractivity contribution in [1.29, 1.82) is 0 Å². The van der Waals surface area contributed by atoms with Gasteiger partial charge in [0.15, 0.2) is 0 Å².